The molecule has 0 unspecified atom stereocenters. The van der Waals surface area contributed by atoms with Crippen molar-refractivity contribution in [1.29, 1.82) is 0 Å². The van der Waals surface area contributed by atoms with Crippen molar-refractivity contribution < 1.29 is 9.59 Å². The molecular formula is C22H19ClN4O2S. The predicted molar refractivity (Wildman–Crippen MR) is 118 cm³/mol. The number of rotatable bonds is 4. The van der Waals surface area contributed by atoms with Crippen LogP contribution in [-0.4, -0.2) is 27.7 Å². The largest absolute Gasteiger partial charge is 0.359 e. The van der Waals surface area contributed by atoms with Crippen LogP contribution < -0.4 is 10.2 Å². The summed E-state index contributed by atoms with van der Waals surface area (Å²) in [4.78, 5) is 33.8. The Kier molecular flexibility index (Phi) is 4.72. The molecule has 30 heavy (non-hydrogen) atoms. The lowest BCUT2D eigenvalue weighted by Crippen LogP contribution is -2.44. The van der Waals surface area contributed by atoms with E-state index < -0.39 is 0 Å². The minimum atomic E-state index is -0.363. The zero-order chi connectivity index (χ0) is 20.8. The smallest absolute Gasteiger partial charge is 0.258 e. The summed E-state index contributed by atoms with van der Waals surface area (Å²) in [5.74, 6) is -0.139. The number of halogens is 1. The quantitative estimate of drug-likeness (QED) is 0.607. The molecule has 0 spiro atoms. The monoisotopic (exact) mass is 438 g/mol. The maximum absolute atomic E-state index is 13.2. The third-order valence-electron chi connectivity index (χ3n) is 5.27. The van der Waals surface area contributed by atoms with Crippen LogP contribution in [0.1, 0.15) is 42.0 Å². The number of carbonyl (C=O) groups excluding carboxylic acids is 2. The first-order chi connectivity index (χ1) is 14.5. The number of carbonyl (C=O) groups is 2. The van der Waals surface area contributed by atoms with Gasteiger partial charge in [0.2, 0.25) is 5.91 Å². The van der Waals surface area contributed by atoms with Gasteiger partial charge in [0.05, 0.1) is 16.9 Å². The molecule has 0 radical (unpaired) electrons. The number of aromatic nitrogens is 1. The highest BCUT2D eigenvalue weighted by Crippen LogP contribution is 2.42. The SMILES string of the molecule is CC(=O)N(c1cccc(Cl)c1)c1nc([C@H]2Nc3ccccc3C(=O)N2C2CC2)cs1. The second-order valence-corrected chi connectivity index (χ2v) is 8.70. The predicted octanol–water partition coefficient (Wildman–Crippen LogP) is 5.21. The number of nitrogens with one attached hydrogen (secondary N) is 1. The van der Waals surface area contributed by atoms with Gasteiger partial charge in [0.15, 0.2) is 5.13 Å². The fourth-order valence-corrected chi connectivity index (χ4v) is 4.85. The van der Waals surface area contributed by atoms with Crippen LogP contribution >= 0.6 is 22.9 Å². The first kappa shape index (κ1) is 19.1. The zero-order valence-corrected chi connectivity index (χ0v) is 17.8. The van der Waals surface area contributed by atoms with Gasteiger partial charge >= 0.3 is 0 Å². The Morgan fingerprint density at radius 3 is 2.77 bits per heavy atom. The molecule has 2 heterocycles. The first-order valence-electron chi connectivity index (χ1n) is 9.73. The molecule has 1 aromatic heterocycles. The van der Waals surface area contributed by atoms with Gasteiger partial charge in [-0.25, -0.2) is 4.98 Å². The van der Waals surface area contributed by atoms with Crippen LogP contribution in [0.2, 0.25) is 5.02 Å². The molecule has 0 saturated heterocycles. The zero-order valence-electron chi connectivity index (χ0n) is 16.2. The molecule has 8 heteroatoms. The van der Waals surface area contributed by atoms with E-state index in [1.54, 1.807) is 23.1 Å². The van der Waals surface area contributed by atoms with E-state index in [-0.39, 0.29) is 24.0 Å². The molecule has 2 aliphatic rings. The second kappa shape index (κ2) is 7.41. The highest BCUT2D eigenvalue weighted by Gasteiger charge is 2.43. The summed E-state index contributed by atoms with van der Waals surface area (Å²) < 4.78 is 0. The van der Waals surface area contributed by atoms with Gasteiger partial charge in [0.1, 0.15) is 6.17 Å². The number of thiazole rings is 1. The summed E-state index contributed by atoms with van der Waals surface area (Å²) in [5.41, 5.74) is 2.86. The molecule has 5 rings (SSSR count). The minimum Gasteiger partial charge on any atom is -0.359 e. The third kappa shape index (κ3) is 3.34. The van der Waals surface area contributed by atoms with Gasteiger partial charge in [-0.15, -0.1) is 11.3 Å². The van der Waals surface area contributed by atoms with E-state index in [1.807, 2.05) is 40.6 Å². The van der Waals surface area contributed by atoms with Crippen molar-refractivity contribution in [2.75, 3.05) is 10.2 Å². The normalized spacial score (nSPS) is 18.0. The van der Waals surface area contributed by atoms with Crippen molar-refractivity contribution in [2.45, 2.75) is 32.0 Å². The Hall–Kier alpha value is -2.90. The van der Waals surface area contributed by atoms with E-state index in [0.29, 0.717) is 21.4 Å². The lowest BCUT2D eigenvalue weighted by molar-refractivity contribution is -0.115. The Labute approximate surface area is 183 Å². The van der Waals surface area contributed by atoms with Crippen molar-refractivity contribution in [3.63, 3.8) is 0 Å². The Bertz CT molecular complexity index is 1140. The van der Waals surface area contributed by atoms with Gasteiger partial charge in [-0.1, -0.05) is 29.8 Å². The topological polar surface area (TPSA) is 65.5 Å². The highest BCUT2D eigenvalue weighted by molar-refractivity contribution is 7.14. The minimum absolute atomic E-state index is 0.0182. The summed E-state index contributed by atoms with van der Waals surface area (Å²) in [6.07, 6.45) is 1.62. The van der Waals surface area contributed by atoms with E-state index in [0.717, 1.165) is 24.2 Å². The van der Waals surface area contributed by atoms with Crippen molar-refractivity contribution in [2.24, 2.45) is 0 Å². The second-order valence-electron chi connectivity index (χ2n) is 7.43. The average Bonchev–Trinajstić information content (AvgIpc) is 3.45. The van der Waals surface area contributed by atoms with Crippen molar-refractivity contribution in [3.05, 3.63) is 70.2 Å². The molecular weight excluding hydrogens is 420 g/mol. The summed E-state index contributed by atoms with van der Waals surface area (Å²) in [5, 5.41) is 6.47. The van der Waals surface area contributed by atoms with E-state index in [1.165, 1.54) is 18.3 Å². The van der Waals surface area contributed by atoms with Gasteiger partial charge in [-0.05, 0) is 43.2 Å². The summed E-state index contributed by atoms with van der Waals surface area (Å²) in [6, 6.07) is 14.9. The molecule has 152 valence electrons. The number of amides is 2. The van der Waals surface area contributed by atoms with Gasteiger partial charge in [0.25, 0.3) is 5.91 Å². The number of para-hydroxylation sites is 1. The van der Waals surface area contributed by atoms with Gasteiger partial charge in [-0.2, -0.15) is 0 Å². The van der Waals surface area contributed by atoms with Gasteiger partial charge < -0.3 is 10.2 Å². The molecule has 1 atom stereocenters. The number of nitrogens with zero attached hydrogens (tertiary/aromatic N) is 3. The molecule has 1 saturated carbocycles. The van der Waals surface area contributed by atoms with Crippen LogP contribution in [0.4, 0.5) is 16.5 Å². The standard InChI is InChI=1S/C22H19ClN4O2S/c1-13(28)26(16-6-4-5-14(23)11-16)22-25-19(12-30-22)20-24-18-8-3-2-7-17(18)21(29)27(20)15-9-10-15/h2-8,11-12,15,20,24H,9-10H2,1H3/t20-/m0/s1. The van der Waals surface area contributed by atoms with E-state index >= 15 is 0 Å². The molecule has 1 N–H and O–H groups in total. The van der Waals surface area contributed by atoms with Crippen molar-refractivity contribution in [3.8, 4) is 0 Å². The number of fused-ring (bicyclic) bond motifs is 1. The van der Waals surface area contributed by atoms with Crippen molar-refractivity contribution >= 4 is 51.3 Å². The van der Waals surface area contributed by atoms with Crippen LogP contribution in [0.15, 0.2) is 53.9 Å². The van der Waals surface area contributed by atoms with E-state index in [4.69, 9.17) is 16.6 Å². The van der Waals surface area contributed by atoms with Crippen LogP contribution in [-0.2, 0) is 4.79 Å². The third-order valence-corrected chi connectivity index (χ3v) is 6.34. The maximum atomic E-state index is 13.2. The Balaban J connectivity index is 1.52. The van der Waals surface area contributed by atoms with Gasteiger partial charge in [0, 0.05) is 29.1 Å². The number of hydrogen-bond acceptors (Lipinski definition) is 5. The van der Waals surface area contributed by atoms with Gasteiger partial charge in [-0.3, -0.25) is 14.5 Å². The Morgan fingerprint density at radius 2 is 2.03 bits per heavy atom. The molecule has 3 aromatic rings. The van der Waals surface area contributed by atoms with Crippen LogP contribution in [0.25, 0.3) is 0 Å². The van der Waals surface area contributed by atoms with Crippen molar-refractivity contribution in [1.82, 2.24) is 9.88 Å². The fraction of sp³-hybridized carbons (Fsp3) is 0.227. The summed E-state index contributed by atoms with van der Waals surface area (Å²) >= 11 is 7.49. The molecule has 2 amide bonds. The van der Waals surface area contributed by atoms with E-state index in [9.17, 15) is 9.59 Å². The average molecular weight is 439 g/mol. The number of benzene rings is 2. The number of hydrogen-bond donors (Lipinski definition) is 1. The lowest BCUT2D eigenvalue weighted by Gasteiger charge is -2.37. The molecule has 0 bridgehead atoms. The van der Waals surface area contributed by atoms with E-state index in [2.05, 4.69) is 5.32 Å². The van der Waals surface area contributed by atoms with Crippen LogP contribution in [0.5, 0.6) is 0 Å². The van der Waals surface area contributed by atoms with Crippen LogP contribution in [0.3, 0.4) is 0 Å². The molecule has 1 aliphatic carbocycles. The maximum Gasteiger partial charge on any atom is 0.258 e. The molecule has 6 nitrogen and oxygen atoms in total. The lowest BCUT2D eigenvalue weighted by atomic mass is 10.1. The van der Waals surface area contributed by atoms with Crippen LogP contribution in [0, 0.1) is 0 Å². The summed E-state index contributed by atoms with van der Waals surface area (Å²) in [7, 11) is 0. The fourth-order valence-electron chi connectivity index (χ4n) is 3.76. The molecule has 1 fully saturated rings. The Morgan fingerprint density at radius 1 is 1.23 bits per heavy atom. The summed E-state index contributed by atoms with van der Waals surface area (Å²) in [6.45, 7) is 1.50. The number of anilines is 3. The molecule has 2 aromatic carbocycles. The highest BCUT2D eigenvalue weighted by atomic mass is 35.5. The molecule has 1 aliphatic heterocycles. The first-order valence-corrected chi connectivity index (χ1v) is 11.0.